The Balaban J connectivity index is 1.92. The van der Waals surface area contributed by atoms with E-state index in [0.717, 1.165) is 38.3 Å². The van der Waals surface area contributed by atoms with Gasteiger partial charge in [-0.3, -0.25) is 4.90 Å². The van der Waals surface area contributed by atoms with E-state index in [4.69, 9.17) is 5.26 Å². The molecular formula is C15H20FN3. The van der Waals surface area contributed by atoms with Crippen LogP contribution in [-0.4, -0.2) is 37.1 Å². The molecule has 3 nitrogen and oxygen atoms in total. The van der Waals surface area contributed by atoms with Crippen LogP contribution >= 0.6 is 0 Å². The smallest absolute Gasteiger partial charge is 0.123 e. The molecule has 0 spiro atoms. The minimum Gasteiger partial charge on any atom is -0.369 e. The molecule has 1 fully saturated rings. The van der Waals surface area contributed by atoms with Crippen LogP contribution in [0.4, 0.5) is 10.1 Å². The summed E-state index contributed by atoms with van der Waals surface area (Å²) in [6.45, 7) is 5.95. The highest BCUT2D eigenvalue weighted by atomic mass is 19.1. The summed E-state index contributed by atoms with van der Waals surface area (Å²) >= 11 is 0. The molecule has 4 heteroatoms. The molecule has 1 aliphatic rings. The van der Waals surface area contributed by atoms with Crippen molar-refractivity contribution in [1.29, 1.82) is 5.26 Å². The van der Waals surface area contributed by atoms with Crippen molar-refractivity contribution in [3.8, 4) is 6.07 Å². The van der Waals surface area contributed by atoms with Crippen LogP contribution in [0.3, 0.4) is 0 Å². The van der Waals surface area contributed by atoms with Crippen molar-refractivity contribution in [3.05, 3.63) is 30.1 Å². The second-order valence-electron chi connectivity index (χ2n) is 4.92. The number of rotatable bonds is 4. The van der Waals surface area contributed by atoms with Gasteiger partial charge in [0.05, 0.1) is 12.5 Å². The molecule has 1 heterocycles. The van der Waals surface area contributed by atoms with E-state index < -0.39 is 0 Å². The zero-order chi connectivity index (χ0) is 13.7. The van der Waals surface area contributed by atoms with Gasteiger partial charge >= 0.3 is 0 Å². The lowest BCUT2D eigenvalue weighted by Crippen LogP contribution is -2.50. The summed E-state index contributed by atoms with van der Waals surface area (Å²) in [7, 11) is 0. The van der Waals surface area contributed by atoms with Crippen molar-refractivity contribution in [2.45, 2.75) is 25.8 Å². The number of nitrogens with zero attached hydrogens (tertiary/aromatic N) is 3. The number of halogens is 1. The van der Waals surface area contributed by atoms with Crippen LogP contribution in [0.2, 0.25) is 0 Å². The van der Waals surface area contributed by atoms with Crippen LogP contribution in [0, 0.1) is 17.1 Å². The lowest BCUT2D eigenvalue weighted by Gasteiger charge is -2.39. The van der Waals surface area contributed by atoms with E-state index in [9.17, 15) is 4.39 Å². The summed E-state index contributed by atoms with van der Waals surface area (Å²) in [5, 5.41) is 8.83. The maximum Gasteiger partial charge on any atom is 0.123 e. The molecule has 102 valence electrons. The van der Waals surface area contributed by atoms with Crippen LogP contribution in [0.1, 0.15) is 19.8 Å². The van der Waals surface area contributed by atoms with Gasteiger partial charge in [-0.25, -0.2) is 4.39 Å². The maximum atomic E-state index is 12.9. The predicted octanol–water partition coefficient (Wildman–Crippen LogP) is 2.64. The molecule has 2 rings (SSSR count). The van der Waals surface area contributed by atoms with E-state index in [1.165, 1.54) is 12.1 Å². The van der Waals surface area contributed by atoms with E-state index in [1.54, 1.807) is 0 Å². The molecule has 0 aliphatic carbocycles. The Hall–Kier alpha value is -1.60. The quantitative estimate of drug-likeness (QED) is 0.834. The zero-order valence-electron chi connectivity index (χ0n) is 11.3. The van der Waals surface area contributed by atoms with Crippen LogP contribution in [-0.2, 0) is 0 Å². The van der Waals surface area contributed by atoms with Gasteiger partial charge in [0.15, 0.2) is 0 Å². The fraction of sp³-hybridized carbons (Fsp3) is 0.533. The van der Waals surface area contributed by atoms with Gasteiger partial charge in [0.1, 0.15) is 5.82 Å². The van der Waals surface area contributed by atoms with Crippen molar-refractivity contribution in [2.75, 3.05) is 31.1 Å². The van der Waals surface area contributed by atoms with Gasteiger partial charge in [0.25, 0.3) is 0 Å². The molecule has 1 aromatic carbocycles. The van der Waals surface area contributed by atoms with Crippen molar-refractivity contribution in [2.24, 2.45) is 0 Å². The molecule has 19 heavy (non-hydrogen) atoms. The molecule has 1 unspecified atom stereocenters. The molecule has 0 saturated carbocycles. The molecule has 0 amide bonds. The van der Waals surface area contributed by atoms with Gasteiger partial charge in [-0.2, -0.15) is 5.26 Å². The molecule has 0 aromatic heterocycles. The maximum absolute atomic E-state index is 12.9. The monoisotopic (exact) mass is 261 g/mol. The van der Waals surface area contributed by atoms with E-state index >= 15 is 0 Å². The first-order chi connectivity index (χ1) is 9.24. The molecule has 1 atom stereocenters. The van der Waals surface area contributed by atoms with E-state index in [1.807, 2.05) is 12.1 Å². The number of anilines is 1. The Morgan fingerprint density at radius 1 is 1.21 bits per heavy atom. The summed E-state index contributed by atoms with van der Waals surface area (Å²) in [5.74, 6) is -0.192. The third kappa shape index (κ3) is 3.45. The first-order valence-corrected chi connectivity index (χ1v) is 6.86. The number of benzene rings is 1. The highest BCUT2D eigenvalue weighted by Crippen LogP contribution is 2.19. The van der Waals surface area contributed by atoms with Crippen LogP contribution < -0.4 is 4.90 Å². The Morgan fingerprint density at radius 2 is 1.84 bits per heavy atom. The Bertz CT molecular complexity index is 430. The van der Waals surface area contributed by atoms with E-state index in [-0.39, 0.29) is 5.82 Å². The third-order valence-corrected chi connectivity index (χ3v) is 3.82. The molecule has 1 aliphatic heterocycles. The van der Waals surface area contributed by atoms with Gasteiger partial charge in [-0.1, -0.05) is 6.92 Å². The lowest BCUT2D eigenvalue weighted by atomic mass is 10.1. The standard InChI is InChI=1S/C15H20FN3/c1-2-14(7-8-17)18-9-11-19(12-10-18)15-5-3-13(16)4-6-15/h3-6,14H,2,7,9-12H2,1H3. The Kier molecular flexibility index (Phi) is 4.75. The molecule has 1 aromatic rings. The Labute approximate surface area is 114 Å². The summed E-state index contributed by atoms with van der Waals surface area (Å²) in [6.07, 6.45) is 1.62. The number of nitriles is 1. The molecule has 0 bridgehead atoms. The SMILES string of the molecule is CCC(CC#N)N1CCN(c2ccc(F)cc2)CC1. The average molecular weight is 261 g/mol. The van der Waals surface area contributed by atoms with Crippen LogP contribution in [0.5, 0.6) is 0 Å². The minimum atomic E-state index is -0.192. The molecule has 0 N–H and O–H groups in total. The van der Waals surface area contributed by atoms with Gasteiger partial charge in [0, 0.05) is 37.9 Å². The summed E-state index contributed by atoms with van der Waals surface area (Å²) in [6, 6.07) is 9.32. The van der Waals surface area contributed by atoms with E-state index in [0.29, 0.717) is 12.5 Å². The number of hydrogen-bond donors (Lipinski definition) is 0. The van der Waals surface area contributed by atoms with E-state index in [2.05, 4.69) is 22.8 Å². The second-order valence-corrected chi connectivity index (χ2v) is 4.92. The average Bonchev–Trinajstić information content (AvgIpc) is 2.46. The highest BCUT2D eigenvalue weighted by Gasteiger charge is 2.22. The molecule has 1 saturated heterocycles. The van der Waals surface area contributed by atoms with Crippen molar-refractivity contribution in [3.63, 3.8) is 0 Å². The normalized spacial score (nSPS) is 18.1. The molecular weight excluding hydrogens is 241 g/mol. The first kappa shape index (κ1) is 13.8. The number of piperazine rings is 1. The predicted molar refractivity (Wildman–Crippen MR) is 74.5 cm³/mol. The van der Waals surface area contributed by atoms with Crippen molar-refractivity contribution >= 4 is 5.69 Å². The summed E-state index contributed by atoms with van der Waals surface area (Å²) in [4.78, 5) is 4.66. The first-order valence-electron chi connectivity index (χ1n) is 6.86. The largest absolute Gasteiger partial charge is 0.369 e. The van der Waals surface area contributed by atoms with Gasteiger partial charge < -0.3 is 4.90 Å². The number of hydrogen-bond acceptors (Lipinski definition) is 3. The van der Waals surface area contributed by atoms with Crippen molar-refractivity contribution in [1.82, 2.24) is 4.90 Å². The van der Waals surface area contributed by atoms with Crippen molar-refractivity contribution < 1.29 is 4.39 Å². The lowest BCUT2D eigenvalue weighted by molar-refractivity contribution is 0.182. The van der Waals surface area contributed by atoms with Crippen LogP contribution in [0.15, 0.2) is 24.3 Å². The minimum absolute atomic E-state index is 0.192. The molecule has 0 radical (unpaired) electrons. The van der Waals surface area contributed by atoms with Gasteiger partial charge in [-0.15, -0.1) is 0 Å². The summed E-state index contributed by atoms with van der Waals surface area (Å²) in [5.41, 5.74) is 1.08. The highest BCUT2D eigenvalue weighted by molar-refractivity contribution is 5.46. The zero-order valence-corrected chi connectivity index (χ0v) is 11.3. The fourth-order valence-corrected chi connectivity index (χ4v) is 2.63. The fourth-order valence-electron chi connectivity index (χ4n) is 2.63. The van der Waals surface area contributed by atoms with Gasteiger partial charge in [-0.05, 0) is 30.7 Å². The summed E-state index contributed by atoms with van der Waals surface area (Å²) < 4.78 is 12.9. The Morgan fingerprint density at radius 3 is 2.37 bits per heavy atom. The third-order valence-electron chi connectivity index (χ3n) is 3.82. The topological polar surface area (TPSA) is 30.3 Å². The van der Waals surface area contributed by atoms with Crippen LogP contribution in [0.25, 0.3) is 0 Å². The second kappa shape index (κ2) is 6.53. The van der Waals surface area contributed by atoms with Gasteiger partial charge in [0.2, 0.25) is 0 Å².